The van der Waals surface area contributed by atoms with Gasteiger partial charge < -0.3 is 9.64 Å². The molecule has 1 aliphatic heterocycles. The van der Waals surface area contributed by atoms with Crippen molar-refractivity contribution >= 4 is 33.2 Å². The Hall–Kier alpha value is -2.71. The molecule has 3 aromatic carbocycles. The molecule has 1 amide bonds. The van der Waals surface area contributed by atoms with Gasteiger partial charge in [0.2, 0.25) is 10.0 Å². The van der Waals surface area contributed by atoms with Gasteiger partial charge in [0.15, 0.2) is 0 Å². The molecular formula is C24H23ClN2O4S. The van der Waals surface area contributed by atoms with Crippen LogP contribution >= 0.6 is 11.6 Å². The highest BCUT2D eigenvalue weighted by Gasteiger charge is 2.30. The highest BCUT2D eigenvalue weighted by atomic mass is 35.5. The van der Waals surface area contributed by atoms with E-state index < -0.39 is 10.0 Å². The molecule has 0 saturated carbocycles. The average molecular weight is 471 g/mol. The van der Waals surface area contributed by atoms with Gasteiger partial charge in [0.05, 0.1) is 24.8 Å². The normalized spacial score (nSPS) is 14.8. The zero-order valence-electron chi connectivity index (χ0n) is 17.4. The van der Waals surface area contributed by atoms with Crippen LogP contribution in [-0.2, 0) is 21.3 Å². The van der Waals surface area contributed by atoms with Gasteiger partial charge in [-0.2, -0.15) is 4.31 Å². The van der Waals surface area contributed by atoms with Crippen LogP contribution in [0.1, 0.15) is 15.9 Å². The highest BCUT2D eigenvalue weighted by Crippen LogP contribution is 2.28. The number of hydrogen-bond donors (Lipinski definition) is 0. The number of benzene rings is 3. The summed E-state index contributed by atoms with van der Waals surface area (Å²) < 4.78 is 32.9. The third-order valence-electron chi connectivity index (χ3n) is 5.26. The second-order valence-electron chi connectivity index (χ2n) is 7.37. The lowest BCUT2D eigenvalue weighted by molar-refractivity contribution is 0.0730. The minimum atomic E-state index is -3.85. The Balaban J connectivity index is 1.70. The van der Waals surface area contributed by atoms with Crippen molar-refractivity contribution in [3.05, 3.63) is 95.0 Å². The van der Waals surface area contributed by atoms with Gasteiger partial charge in [-0.25, -0.2) is 8.42 Å². The number of nitrogens with zero attached hydrogens (tertiary/aromatic N) is 2. The number of amides is 1. The number of morpholine rings is 1. The van der Waals surface area contributed by atoms with Crippen LogP contribution in [-0.4, -0.2) is 44.9 Å². The van der Waals surface area contributed by atoms with E-state index in [1.54, 1.807) is 11.0 Å². The van der Waals surface area contributed by atoms with Crippen LogP contribution in [0.2, 0.25) is 5.02 Å². The zero-order chi connectivity index (χ0) is 22.6. The van der Waals surface area contributed by atoms with Gasteiger partial charge >= 0.3 is 0 Å². The molecule has 0 radical (unpaired) electrons. The van der Waals surface area contributed by atoms with Gasteiger partial charge in [0, 0.05) is 24.3 Å². The molecule has 0 aliphatic carbocycles. The second-order valence-corrected chi connectivity index (χ2v) is 9.69. The number of rotatable bonds is 6. The molecule has 0 spiro atoms. The number of carbonyl (C=O) groups excluding carboxylic acids is 1. The second kappa shape index (κ2) is 9.83. The molecular weight excluding hydrogens is 448 g/mol. The molecule has 4 rings (SSSR count). The smallest absolute Gasteiger partial charge is 0.258 e. The summed E-state index contributed by atoms with van der Waals surface area (Å²) in [5, 5.41) is 0.0855. The molecule has 166 valence electrons. The fourth-order valence-electron chi connectivity index (χ4n) is 3.57. The summed E-state index contributed by atoms with van der Waals surface area (Å²) in [5.74, 6) is -0.310. The largest absolute Gasteiger partial charge is 0.379 e. The molecule has 0 N–H and O–H groups in total. The predicted molar refractivity (Wildman–Crippen MR) is 124 cm³/mol. The topological polar surface area (TPSA) is 66.9 Å². The Morgan fingerprint density at radius 2 is 1.56 bits per heavy atom. The summed E-state index contributed by atoms with van der Waals surface area (Å²) in [6.45, 7) is 1.50. The van der Waals surface area contributed by atoms with Crippen molar-refractivity contribution in [3.63, 3.8) is 0 Å². The molecule has 0 atom stereocenters. The molecule has 0 bridgehead atoms. The Morgan fingerprint density at radius 3 is 2.22 bits per heavy atom. The lowest BCUT2D eigenvalue weighted by Gasteiger charge is -2.27. The van der Waals surface area contributed by atoms with Crippen molar-refractivity contribution in [1.29, 1.82) is 0 Å². The summed E-state index contributed by atoms with van der Waals surface area (Å²) in [6.07, 6.45) is 0. The molecule has 32 heavy (non-hydrogen) atoms. The van der Waals surface area contributed by atoms with Crippen molar-refractivity contribution in [2.75, 3.05) is 31.2 Å². The van der Waals surface area contributed by atoms with Crippen molar-refractivity contribution in [3.8, 4) is 0 Å². The van der Waals surface area contributed by atoms with Crippen LogP contribution in [0.5, 0.6) is 0 Å². The van der Waals surface area contributed by atoms with Gasteiger partial charge in [0.25, 0.3) is 5.91 Å². The minimum absolute atomic E-state index is 0.0698. The first-order valence-corrected chi connectivity index (χ1v) is 12.1. The summed E-state index contributed by atoms with van der Waals surface area (Å²) in [7, 11) is -3.85. The lowest BCUT2D eigenvalue weighted by atomic mass is 10.1. The quantitative estimate of drug-likeness (QED) is 0.541. The zero-order valence-corrected chi connectivity index (χ0v) is 18.9. The van der Waals surface area contributed by atoms with Crippen molar-refractivity contribution in [2.24, 2.45) is 0 Å². The van der Waals surface area contributed by atoms with Gasteiger partial charge in [-0.15, -0.1) is 0 Å². The highest BCUT2D eigenvalue weighted by molar-refractivity contribution is 7.89. The van der Waals surface area contributed by atoms with E-state index in [2.05, 4.69) is 0 Å². The van der Waals surface area contributed by atoms with E-state index in [0.29, 0.717) is 25.4 Å². The van der Waals surface area contributed by atoms with Crippen LogP contribution in [0.3, 0.4) is 0 Å². The lowest BCUT2D eigenvalue weighted by Crippen LogP contribution is -2.40. The minimum Gasteiger partial charge on any atom is -0.379 e. The third kappa shape index (κ3) is 4.86. The number of halogens is 1. The summed E-state index contributed by atoms with van der Waals surface area (Å²) >= 11 is 6.27. The number of para-hydroxylation sites is 1. The van der Waals surface area contributed by atoms with Gasteiger partial charge in [0.1, 0.15) is 4.90 Å². The molecule has 0 unspecified atom stereocenters. The average Bonchev–Trinajstić information content (AvgIpc) is 2.84. The number of hydrogen-bond acceptors (Lipinski definition) is 4. The number of carbonyl (C=O) groups is 1. The van der Waals surface area contributed by atoms with E-state index in [0.717, 1.165) is 5.56 Å². The van der Waals surface area contributed by atoms with Crippen LogP contribution < -0.4 is 4.90 Å². The van der Waals surface area contributed by atoms with Gasteiger partial charge in [-0.1, -0.05) is 60.1 Å². The number of anilines is 1. The molecule has 1 fully saturated rings. The molecule has 1 heterocycles. The Labute approximate surface area is 193 Å². The Bertz CT molecular complexity index is 1180. The van der Waals surface area contributed by atoms with E-state index >= 15 is 0 Å². The maximum absolute atomic E-state index is 13.6. The van der Waals surface area contributed by atoms with Crippen LogP contribution in [0.15, 0.2) is 83.8 Å². The first-order valence-electron chi connectivity index (χ1n) is 10.2. The van der Waals surface area contributed by atoms with Crippen LogP contribution in [0.25, 0.3) is 0 Å². The van der Waals surface area contributed by atoms with Gasteiger partial charge in [-0.3, -0.25) is 4.79 Å². The van der Waals surface area contributed by atoms with Crippen molar-refractivity contribution < 1.29 is 17.9 Å². The maximum Gasteiger partial charge on any atom is 0.258 e. The SMILES string of the molecule is O=C(c1ccc(Cl)c(S(=O)(=O)N2CCOCC2)c1)N(Cc1ccccc1)c1ccccc1. The van der Waals surface area contributed by atoms with Crippen molar-refractivity contribution in [1.82, 2.24) is 4.31 Å². The van der Waals surface area contributed by atoms with E-state index in [9.17, 15) is 13.2 Å². The first-order chi connectivity index (χ1) is 15.5. The fraction of sp³-hybridized carbons (Fsp3) is 0.208. The Kier molecular flexibility index (Phi) is 6.91. The number of ether oxygens (including phenoxy) is 1. The van der Waals surface area contributed by atoms with Crippen LogP contribution in [0.4, 0.5) is 5.69 Å². The molecule has 1 saturated heterocycles. The predicted octanol–water partition coefficient (Wildman–Crippen LogP) is 4.21. The van der Waals surface area contributed by atoms with Crippen molar-refractivity contribution in [2.45, 2.75) is 11.4 Å². The van der Waals surface area contributed by atoms with E-state index in [1.165, 1.54) is 16.4 Å². The molecule has 0 aromatic heterocycles. The first kappa shape index (κ1) is 22.5. The summed E-state index contributed by atoms with van der Waals surface area (Å²) in [5.41, 5.74) is 1.93. The molecule has 3 aromatic rings. The van der Waals surface area contributed by atoms with Gasteiger partial charge in [-0.05, 0) is 35.9 Å². The summed E-state index contributed by atoms with van der Waals surface area (Å²) in [4.78, 5) is 15.1. The van der Waals surface area contributed by atoms with E-state index in [-0.39, 0.29) is 34.5 Å². The monoisotopic (exact) mass is 470 g/mol. The third-order valence-corrected chi connectivity index (χ3v) is 7.64. The number of sulfonamides is 1. The fourth-order valence-corrected chi connectivity index (χ4v) is 5.48. The van der Waals surface area contributed by atoms with E-state index in [1.807, 2.05) is 60.7 Å². The standard InChI is InChI=1S/C24H23ClN2O4S/c25-22-12-11-20(17-23(22)32(29,30)26-13-15-31-16-14-26)24(28)27(21-9-5-2-6-10-21)18-19-7-3-1-4-8-19/h1-12,17H,13-16,18H2. The summed E-state index contributed by atoms with van der Waals surface area (Å²) in [6, 6.07) is 23.3. The maximum atomic E-state index is 13.6. The van der Waals surface area contributed by atoms with Crippen LogP contribution in [0, 0.1) is 0 Å². The molecule has 6 nitrogen and oxygen atoms in total. The Morgan fingerprint density at radius 1 is 0.938 bits per heavy atom. The molecule has 1 aliphatic rings. The van der Waals surface area contributed by atoms with E-state index in [4.69, 9.17) is 16.3 Å². The molecule has 8 heteroatoms.